The van der Waals surface area contributed by atoms with Crippen molar-refractivity contribution < 1.29 is 4.79 Å². The second-order valence-corrected chi connectivity index (χ2v) is 4.89. The standard InChI is InChI=1S/C16H19N3O/c1-18(2)15-10-5-4-9-14(15)16(20)19(3)12-13-8-6-7-11-17-13/h4-11H,12H2,1-3H3. The summed E-state index contributed by atoms with van der Waals surface area (Å²) >= 11 is 0. The fourth-order valence-corrected chi connectivity index (χ4v) is 2.06. The molecule has 20 heavy (non-hydrogen) atoms. The first-order chi connectivity index (χ1) is 9.59. The van der Waals surface area contributed by atoms with Gasteiger partial charge in [0.25, 0.3) is 5.91 Å². The van der Waals surface area contributed by atoms with Crippen LogP contribution >= 0.6 is 0 Å². The van der Waals surface area contributed by atoms with E-state index in [1.165, 1.54) is 0 Å². The van der Waals surface area contributed by atoms with Gasteiger partial charge in [0.05, 0.1) is 17.8 Å². The van der Waals surface area contributed by atoms with Crippen LogP contribution in [0.25, 0.3) is 0 Å². The summed E-state index contributed by atoms with van der Waals surface area (Å²) in [5, 5.41) is 0. The highest BCUT2D eigenvalue weighted by molar-refractivity contribution is 5.99. The maximum atomic E-state index is 12.5. The highest BCUT2D eigenvalue weighted by Gasteiger charge is 2.16. The molecule has 0 N–H and O–H groups in total. The Bertz CT molecular complexity index is 581. The highest BCUT2D eigenvalue weighted by Crippen LogP contribution is 2.19. The van der Waals surface area contributed by atoms with Crippen LogP contribution in [0.1, 0.15) is 16.1 Å². The summed E-state index contributed by atoms with van der Waals surface area (Å²) in [7, 11) is 5.67. The van der Waals surface area contributed by atoms with Crippen molar-refractivity contribution in [3.8, 4) is 0 Å². The lowest BCUT2D eigenvalue weighted by Gasteiger charge is -2.21. The van der Waals surface area contributed by atoms with E-state index in [1.807, 2.05) is 61.5 Å². The lowest BCUT2D eigenvalue weighted by atomic mass is 10.1. The van der Waals surface area contributed by atoms with Gasteiger partial charge in [-0.15, -0.1) is 0 Å². The largest absolute Gasteiger partial charge is 0.377 e. The van der Waals surface area contributed by atoms with Crippen molar-refractivity contribution in [2.45, 2.75) is 6.54 Å². The molecular weight excluding hydrogens is 250 g/mol. The zero-order valence-corrected chi connectivity index (χ0v) is 12.1. The van der Waals surface area contributed by atoms with Crippen LogP contribution in [0.3, 0.4) is 0 Å². The second kappa shape index (κ2) is 6.19. The molecule has 0 saturated heterocycles. The summed E-state index contributed by atoms with van der Waals surface area (Å²) in [6.07, 6.45) is 1.74. The van der Waals surface area contributed by atoms with Crippen LogP contribution in [0.5, 0.6) is 0 Å². The number of hydrogen-bond acceptors (Lipinski definition) is 3. The quantitative estimate of drug-likeness (QED) is 0.855. The van der Waals surface area contributed by atoms with Gasteiger partial charge < -0.3 is 9.80 Å². The molecule has 4 heteroatoms. The SMILES string of the molecule is CN(Cc1ccccn1)C(=O)c1ccccc1N(C)C. The zero-order valence-electron chi connectivity index (χ0n) is 12.1. The van der Waals surface area contributed by atoms with E-state index in [2.05, 4.69) is 4.98 Å². The van der Waals surface area contributed by atoms with Crippen molar-refractivity contribution in [3.63, 3.8) is 0 Å². The molecule has 2 rings (SSSR count). The number of amides is 1. The molecular formula is C16H19N3O. The Hall–Kier alpha value is -2.36. The number of para-hydroxylation sites is 1. The third-order valence-electron chi connectivity index (χ3n) is 3.09. The molecule has 0 fully saturated rings. The van der Waals surface area contributed by atoms with Gasteiger partial charge in [0.2, 0.25) is 0 Å². The van der Waals surface area contributed by atoms with Crippen LogP contribution in [0, 0.1) is 0 Å². The fourth-order valence-electron chi connectivity index (χ4n) is 2.06. The number of aromatic nitrogens is 1. The van der Waals surface area contributed by atoms with E-state index in [4.69, 9.17) is 0 Å². The van der Waals surface area contributed by atoms with Gasteiger partial charge in [-0.1, -0.05) is 18.2 Å². The third kappa shape index (κ3) is 3.15. The Balaban J connectivity index is 2.19. The van der Waals surface area contributed by atoms with Gasteiger partial charge in [-0.3, -0.25) is 9.78 Å². The monoisotopic (exact) mass is 269 g/mol. The van der Waals surface area contributed by atoms with Gasteiger partial charge >= 0.3 is 0 Å². The van der Waals surface area contributed by atoms with E-state index in [9.17, 15) is 4.79 Å². The molecule has 0 bridgehead atoms. The average Bonchev–Trinajstić information content (AvgIpc) is 2.47. The molecule has 0 saturated carbocycles. The molecule has 0 radical (unpaired) electrons. The van der Waals surface area contributed by atoms with Crippen LogP contribution in [0.15, 0.2) is 48.7 Å². The van der Waals surface area contributed by atoms with E-state index >= 15 is 0 Å². The molecule has 4 nitrogen and oxygen atoms in total. The number of benzene rings is 1. The van der Waals surface area contributed by atoms with E-state index in [-0.39, 0.29) is 5.91 Å². The number of rotatable bonds is 4. The molecule has 0 aliphatic heterocycles. The zero-order chi connectivity index (χ0) is 14.5. The van der Waals surface area contributed by atoms with Gasteiger partial charge in [0, 0.05) is 33.0 Å². The van der Waals surface area contributed by atoms with Gasteiger partial charge in [-0.05, 0) is 24.3 Å². The predicted molar refractivity (Wildman–Crippen MR) is 80.8 cm³/mol. The molecule has 2 aromatic rings. The van der Waals surface area contributed by atoms with Gasteiger partial charge in [-0.2, -0.15) is 0 Å². The Morgan fingerprint density at radius 1 is 1.05 bits per heavy atom. The maximum absolute atomic E-state index is 12.5. The van der Waals surface area contributed by atoms with Crippen molar-refractivity contribution in [3.05, 3.63) is 59.9 Å². The first-order valence-electron chi connectivity index (χ1n) is 6.51. The molecule has 1 aromatic heterocycles. The molecule has 1 amide bonds. The lowest BCUT2D eigenvalue weighted by molar-refractivity contribution is 0.0784. The first-order valence-corrected chi connectivity index (χ1v) is 6.51. The Morgan fingerprint density at radius 3 is 2.40 bits per heavy atom. The minimum Gasteiger partial charge on any atom is -0.377 e. The van der Waals surface area contributed by atoms with Crippen LogP contribution in [-0.4, -0.2) is 36.9 Å². The number of carbonyl (C=O) groups is 1. The van der Waals surface area contributed by atoms with Crippen LogP contribution in [-0.2, 0) is 6.54 Å². The summed E-state index contributed by atoms with van der Waals surface area (Å²) in [6.45, 7) is 0.501. The van der Waals surface area contributed by atoms with Gasteiger partial charge in [0.15, 0.2) is 0 Å². The predicted octanol–water partition coefficient (Wildman–Crippen LogP) is 2.42. The molecule has 1 aromatic carbocycles. The fraction of sp³-hybridized carbons (Fsp3) is 0.250. The first kappa shape index (κ1) is 14.1. The summed E-state index contributed by atoms with van der Waals surface area (Å²) < 4.78 is 0. The summed E-state index contributed by atoms with van der Waals surface area (Å²) in [4.78, 5) is 20.4. The molecule has 0 atom stereocenters. The van der Waals surface area contributed by atoms with Crippen LogP contribution < -0.4 is 4.90 Å². The Morgan fingerprint density at radius 2 is 1.75 bits per heavy atom. The number of nitrogens with zero attached hydrogens (tertiary/aromatic N) is 3. The Kier molecular flexibility index (Phi) is 4.35. The van der Waals surface area contributed by atoms with E-state index in [1.54, 1.807) is 18.1 Å². The van der Waals surface area contributed by atoms with Crippen molar-refractivity contribution in [1.82, 2.24) is 9.88 Å². The lowest BCUT2D eigenvalue weighted by Crippen LogP contribution is -2.28. The van der Waals surface area contributed by atoms with Crippen molar-refractivity contribution in [1.29, 1.82) is 0 Å². The van der Waals surface area contributed by atoms with Gasteiger partial charge in [-0.25, -0.2) is 0 Å². The molecule has 104 valence electrons. The van der Waals surface area contributed by atoms with Crippen molar-refractivity contribution >= 4 is 11.6 Å². The number of pyridine rings is 1. The van der Waals surface area contributed by atoms with E-state index < -0.39 is 0 Å². The summed E-state index contributed by atoms with van der Waals surface area (Å²) in [5.74, 6) is -0.0000435. The molecule has 1 heterocycles. The van der Waals surface area contributed by atoms with Crippen molar-refractivity contribution in [2.75, 3.05) is 26.0 Å². The minimum atomic E-state index is -0.0000435. The molecule has 0 aliphatic carbocycles. The highest BCUT2D eigenvalue weighted by atomic mass is 16.2. The topological polar surface area (TPSA) is 36.4 Å². The maximum Gasteiger partial charge on any atom is 0.256 e. The van der Waals surface area contributed by atoms with E-state index in [0.717, 1.165) is 11.4 Å². The van der Waals surface area contributed by atoms with Crippen LogP contribution in [0.2, 0.25) is 0 Å². The van der Waals surface area contributed by atoms with Crippen molar-refractivity contribution in [2.24, 2.45) is 0 Å². The number of hydrogen-bond donors (Lipinski definition) is 0. The summed E-state index contributed by atoms with van der Waals surface area (Å²) in [6, 6.07) is 13.3. The average molecular weight is 269 g/mol. The molecule has 0 aliphatic rings. The minimum absolute atomic E-state index is 0.0000435. The number of anilines is 1. The number of carbonyl (C=O) groups excluding carboxylic acids is 1. The van der Waals surface area contributed by atoms with Crippen LogP contribution in [0.4, 0.5) is 5.69 Å². The smallest absolute Gasteiger partial charge is 0.256 e. The van der Waals surface area contributed by atoms with Gasteiger partial charge in [0.1, 0.15) is 0 Å². The molecule has 0 spiro atoms. The Labute approximate surface area is 119 Å². The molecule has 0 unspecified atom stereocenters. The summed E-state index contributed by atoms with van der Waals surface area (Å²) in [5.41, 5.74) is 2.51. The third-order valence-corrected chi connectivity index (χ3v) is 3.09. The second-order valence-electron chi connectivity index (χ2n) is 4.89. The van der Waals surface area contributed by atoms with E-state index in [0.29, 0.717) is 12.1 Å². The normalized spacial score (nSPS) is 10.2.